The number of aromatic nitrogens is 2. The third kappa shape index (κ3) is 12.7. The van der Waals surface area contributed by atoms with Crippen molar-refractivity contribution >= 4 is 64.1 Å². The molecule has 12 nitrogen and oxygen atoms in total. The first kappa shape index (κ1) is 44.9. The maximum absolute atomic E-state index is 13.1. The summed E-state index contributed by atoms with van der Waals surface area (Å²) in [6.45, 7) is 20.5. The van der Waals surface area contributed by atoms with Crippen molar-refractivity contribution in [2.45, 2.75) is 89.6 Å². The van der Waals surface area contributed by atoms with Gasteiger partial charge in [-0.15, -0.1) is 11.3 Å². The third-order valence-electron chi connectivity index (χ3n) is 9.14. The van der Waals surface area contributed by atoms with Crippen molar-refractivity contribution in [3.05, 3.63) is 81.6 Å². The van der Waals surface area contributed by atoms with Crippen molar-refractivity contribution in [3.8, 4) is 33.5 Å². The molecule has 0 aliphatic carbocycles. The van der Waals surface area contributed by atoms with Gasteiger partial charge in [-0.1, -0.05) is 68.4 Å². The van der Waals surface area contributed by atoms with E-state index in [0.717, 1.165) is 42.2 Å². The lowest BCUT2D eigenvalue weighted by atomic mass is 9.99. The number of hydrogen-bond donors (Lipinski definition) is 1. The molecule has 5 rings (SSSR count). The Morgan fingerprint density at radius 2 is 1.71 bits per heavy atom. The Balaban J connectivity index is 1.25. The summed E-state index contributed by atoms with van der Waals surface area (Å²) in [4.78, 5) is 54.0. The molecule has 2 aromatic heterocycles. The van der Waals surface area contributed by atoms with Gasteiger partial charge in [0.05, 0.1) is 24.3 Å². The van der Waals surface area contributed by atoms with Gasteiger partial charge in [0.25, 0.3) is 0 Å². The van der Waals surface area contributed by atoms with Crippen LogP contribution in [0.15, 0.2) is 58.9 Å². The number of halogens is 1. The lowest BCUT2D eigenvalue weighted by molar-refractivity contribution is -0.157. The van der Waals surface area contributed by atoms with Gasteiger partial charge < -0.3 is 24.4 Å². The number of nitrogens with zero attached hydrogens (tertiary/aromatic N) is 5. The monoisotopic (exact) mass is 856 g/mol. The summed E-state index contributed by atoms with van der Waals surface area (Å²) in [5.74, 6) is -0.584. The number of ether oxygens (including phenoxy) is 3. The molecule has 2 aromatic carbocycles. The summed E-state index contributed by atoms with van der Waals surface area (Å²) in [6, 6.07) is 16.1. The molecule has 310 valence electrons. The Hall–Kier alpha value is -5.15. The molecule has 4 aromatic rings. The molecule has 0 bridgehead atoms. The van der Waals surface area contributed by atoms with Crippen LogP contribution < -0.4 is 15.0 Å². The molecule has 3 heterocycles. The van der Waals surface area contributed by atoms with Crippen LogP contribution in [-0.4, -0.2) is 65.8 Å². The van der Waals surface area contributed by atoms with Crippen molar-refractivity contribution < 1.29 is 28.6 Å². The zero-order chi connectivity index (χ0) is 42.7. The highest BCUT2D eigenvalue weighted by atomic mass is 35.5. The number of anilines is 1. The van der Waals surface area contributed by atoms with Gasteiger partial charge in [0, 0.05) is 46.3 Å². The van der Waals surface area contributed by atoms with Crippen molar-refractivity contribution in [3.63, 3.8) is 0 Å². The zero-order valence-electron chi connectivity index (χ0n) is 34.2. The number of rotatable bonds is 17. The number of thioether (sulfide) groups is 1. The number of pyridine rings is 1. The van der Waals surface area contributed by atoms with Crippen LogP contribution in [0, 0.1) is 29.7 Å². The molecule has 1 fully saturated rings. The first-order valence-corrected chi connectivity index (χ1v) is 21.8. The second kappa shape index (κ2) is 20.7. The summed E-state index contributed by atoms with van der Waals surface area (Å²) in [7, 11) is 0. The summed E-state index contributed by atoms with van der Waals surface area (Å²) in [5.41, 5.74) is 2.99. The third-order valence-corrected chi connectivity index (χ3v) is 11.3. The maximum atomic E-state index is 13.1. The van der Waals surface area contributed by atoms with Gasteiger partial charge in [0.2, 0.25) is 11.6 Å². The van der Waals surface area contributed by atoms with Crippen LogP contribution >= 0.6 is 34.7 Å². The number of nitriles is 1. The van der Waals surface area contributed by atoms with Crippen LogP contribution in [0.5, 0.6) is 5.75 Å². The van der Waals surface area contributed by atoms with Gasteiger partial charge in [-0.25, -0.2) is 19.6 Å². The van der Waals surface area contributed by atoms with E-state index < -0.39 is 35.4 Å². The molecule has 15 heteroatoms. The van der Waals surface area contributed by atoms with E-state index in [1.54, 1.807) is 52.0 Å². The number of hydrogen-bond acceptors (Lipinski definition) is 12. The van der Waals surface area contributed by atoms with Crippen molar-refractivity contribution in [2.75, 3.05) is 31.2 Å². The van der Waals surface area contributed by atoms with E-state index in [4.69, 9.17) is 42.4 Å². The number of carbonyl (C=O) groups is 3. The average molecular weight is 857 g/mol. The van der Waals surface area contributed by atoms with Crippen LogP contribution in [0.25, 0.3) is 26.5 Å². The van der Waals surface area contributed by atoms with Crippen molar-refractivity contribution in [1.29, 1.82) is 5.26 Å². The minimum absolute atomic E-state index is 0.0464. The summed E-state index contributed by atoms with van der Waals surface area (Å²) >= 11 is 9.03. The number of nitrogens with one attached hydrogen (secondary N) is 1. The summed E-state index contributed by atoms with van der Waals surface area (Å²) in [6.07, 6.45) is 2.23. The fraction of sp³-hybridized carbons (Fsp3) is 0.432. The zero-order valence-corrected chi connectivity index (χ0v) is 36.6. The van der Waals surface area contributed by atoms with Gasteiger partial charge in [0.15, 0.2) is 0 Å². The fourth-order valence-corrected chi connectivity index (χ4v) is 8.31. The Morgan fingerprint density at radius 1 is 1.03 bits per heavy atom. The van der Waals surface area contributed by atoms with E-state index in [9.17, 15) is 19.6 Å². The van der Waals surface area contributed by atoms with Crippen LogP contribution in [0.1, 0.15) is 78.5 Å². The molecule has 1 saturated heterocycles. The number of carbonyl (C=O) groups excluding carboxylic acids is 3. The second-order valence-electron chi connectivity index (χ2n) is 15.6. The molecule has 1 amide bonds. The summed E-state index contributed by atoms with van der Waals surface area (Å²) in [5, 5.41) is 17.3. The number of esters is 2. The lowest BCUT2D eigenvalue weighted by Gasteiger charge is -2.23. The van der Waals surface area contributed by atoms with Crippen LogP contribution in [0.4, 0.5) is 11.5 Å². The molecule has 0 unspecified atom stereocenters. The normalized spacial score (nSPS) is 13.6. The van der Waals surface area contributed by atoms with Gasteiger partial charge in [-0.3, -0.25) is 9.59 Å². The van der Waals surface area contributed by atoms with E-state index >= 15 is 0 Å². The van der Waals surface area contributed by atoms with Crippen LogP contribution in [0.3, 0.4) is 0 Å². The van der Waals surface area contributed by atoms with Crippen LogP contribution in [0.2, 0.25) is 5.02 Å². The highest BCUT2D eigenvalue weighted by Gasteiger charge is 2.29. The molecule has 1 aliphatic heterocycles. The minimum Gasteiger partial charge on any atom is -0.490 e. The topological polar surface area (TPSA) is 148 Å². The smallest absolute Gasteiger partial charge is 0.328 e. The first-order valence-electron chi connectivity index (χ1n) is 19.5. The molecular formula is C44H49ClN6O6S2. The van der Waals surface area contributed by atoms with Gasteiger partial charge in [0.1, 0.15) is 52.5 Å². The van der Waals surface area contributed by atoms with E-state index in [1.165, 1.54) is 23.1 Å². The molecule has 59 heavy (non-hydrogen) atoms. The minimum atomic E-state index is -0.893. The molecule has 2 atom stereocenters. The van der Waals surface area contributed by atoms with Crippen LogP contribution in [-0.2, 0) is 29.6 Å². The molecule has 0 spiro atoms. The van der Waals surface area contributed by atoms with Gasteiger partial charge >= 0.3 is 11.9 Å². The molecular weight excluding hydrogens is 808 g/mol. The Kier molecular flexibility index (Phi) is 15.8. The van der Waals surface area contributed by atoms with Gasteiger partial charge in [-0.05, 0) is 75.8 Å². The predicted octanol–water partition coefficient (Wildman–Crippen LogP) is 9.66. The lowest BCUT2D eigenvalue weighted by Crippen LogP contribution is -2.45. The average Bonchev–Trinajstić information content (AvgIpc) is 3.91. The Labute approximate surface area is 359 Å². The highest BCUT2D eigenvalue weighted by Crippen LogP contribution is 2.45. The van der Waals surface area contributed by atoms with Crippen molar-refractivity contribution in [2.24, 2.45) is 11.8 Å². The highest BCUT2D eigenvalue weighted by molar-refractivity contribution is 7.98. The quantitative estimate of drug-likeness (QED) is 0.0468. The standard InChI is InChI=1S/C44H49ClN6O6S2/c1-27(2)22-35(49-40(53)28(3)23-36(52)57-44(4,5)6)43(54)56-21-20-55-33-16-12-29(13-17-33)37-34(24-46)42(50-39(38(37)47-7)51-18-8-9-19-51)59-26-32-25-58-41(48-32)30-10-14-31(45)15-11-30/h10-17,25,27-28,35H,8-9,18-23,26H2,1-6H3,(H,49,53)/t28-,35+/m1/s1. The maximum Gasteiger partial charge on any atom is 0.328 e. The molecule has 1 N–H and O–H groups in total. The van der Waals surface area contributed by atoms with Gasteiger partial charge in [-0.2, -0.15) is 5.26 Å². The summed E-state index contributed by atoms with van der Waals surface area (Å²) < 4.78 is 16.7. The largest absolute Gasteiger partial charge is 0.490 e. The van der Waals surface area contributed by atoms with E-state index in [-0.39, 0.29) is 25.6 Å². The molecule has 1 aliphatic rings. The van der Waals surface area contributed by atoms with E-state index in [0.29, 0.717) is 56.2 Å². The predicted molar refractivity (Wildman–Crippen MR) is 232 cm³/mol. The molecule has 0 radical (unpaired) electrons. The molecule has 0 saturated carbocycles. The number of benzene rings is 2. The van der Waals surface area contributed by atoms with E-state index in [2.05, 4.69) is 21.1 Å². The fourth-order valence-electron chi connectivity index (χ4n) is 6.37. The van der Waals surface area contributed by atoms with E-state index in [1.807, 2.05) is 43.5 Å². The number of thiazole rings is 1. The van der Waals surface area contributed by atoms with Crippen molar-refractivity contribution in [1.82, 2.24) is 15.3 Å². The first-order chi connectivity index (χ1) is 28.1. The second-order valence-corrected chi connectivity index (χ2v) is 17.9. The Morgan fingerprint density at radius 3 is 2.34 bits per heavy atom. The number of amides is 1. The Bertz CT molecular complexity index is 2190. The SMILES string of the molecule is [C-]#[N+]c1c(N2CCCC2)nc(SCc2csc(-c3ccc(Cl)cc3)n2)c(C#N)c1-c1ccc(OCCOC(=O)[C@H](CC(C)C)NC(=O)[C@H](C)CC(=O)OC(C)(C)C)cc1.